The second-order valence-corrected chi connectivity index (χ2v) is 7.38. The van der Waals surface area contributed by atoms with E-state index in [9.17, 15) is 4.79 Å². The first-order valence-electron chi connectivity index (χ1n) is 9.15. The molecule has 4 nitrogen and oxygen atoms in total. The Morgan fingerprint density at radius 3 is 2.58 bits per heavy atom. The van der Waals surface area contributed by atoms with E-state index in [2.05, 4.69) is 37.1 Å². The number of carbonyl (C=O) groups is 1. The molecule has 1 saturated heterocycles. The third-order valence-electron chi connectivity index (χ3n) is 4.84. The van der Waals surface area contributed by atoms with Crippen LogP contribution in [0.1, 0.15) is 51.6 Å². The smallest absolute Gasteiger partial charge is 0.220 e. The SMILES string of the molecule is COc1ccccc1C(CNC(=O)CC(C)C)N1CCC(C)CC1. The molecule has 0 aliphatic carbocycles. The summed E-state index contributed by atoms with van der Waals surface area (Å²) in [5, 5.41) is 3.14. The fourth-order valence-electron chi connectivity index (χ4n) is 3.37. The second kappa shape index (κ2) is 9.07. The molecule has 1 aromatic rings. The number of piperidine rings is 1. The van der Waals surface area contributed by atoms with Gasteiger partial charge in [-0.25, -0.2) is 0 Å². The highest BCUT2D eigenvalue weighted by Crippen LogP contribution is 2.31. The highest BCUT2D eigenvalue weighted by atomic mass is 16.5. The molecule has 0 aromatic heterocycles. The zero-order chi connectivity index (χ0) is 17.5. The average molecular weight is 332 g/mol. The Labute approximate surface area is 146 Å². The molecule has 1 aliphatic rings. The Hall–Kier alpha value is -1.55. The van der Waals surface area contributed by atoms with Gasteiger partial charge in [-0.15, -0.1) is 0 Å². The number of rotatable bonds is 7. The largest absolute Gasteiger partial charge is 0.496 e. The molecule has 4 heteroatoms. The van der Waals surface area contributed by atoms with Crippen molar-refractivity contribution in [3.05, 3.63) is 29.8 Å². The van der Waals surface area contributed by atoms with Crippen LogP contribution in [-0.4, -0.2) is 37.6 Å². The summed E-state index contributed by atoms with van der Waals surface area (Å²) in [5.74, 6) is 2.20. The number of amides is 1. The van der Waals surface area contributed by atoms with Crippen LogP contribution in [0.5, 0.6) is 5.75 Å². The molecule has 1 unspecified atom stereocenters. The highest BCUT2D eigenvalue weighted by Gasteiger charge is 2.27. The summed E-state index contributed by atoms with van der Waals surface area (Å²) < 4.78 is 5.57. The van der Waals surface area contributed by atoms with Gasteiger partial charge in [-0.1, -0.05) is 39.0 Å². The fraction of sp³-hybridized carbons (Fsp3) is 0.650. The molecule has 134 valence electrons. The van der Waals surface area contributed by atoms with Crippen molar-refractivity contribution in [2.24, 2.45) is 11.8 Å². The van der Waals surface area contributed by atoms with Crippen LogP contribution in [0.15, 0.2) is 24.3 Å². The Bertz CT molecular complexity index is 522. The first-order chi connectivity index (χ1) is 11.5. The van der Waals surface area contributed by atoms with Gasteiger partial charge in [-0.3, -0.25) is 9.69 Å². The summed E-state index contributed by atoms with van der Waals surface area (Å²) in [6.45, 7) is 9.25. The van der Waals surface area contributed by atoms with Crippen LogP contribution in [-0.2, 0) is 4.79 Å². The van der Waals surface area contributed by atoms with E-state index >= 15 is 0 Å². The standard InChI is InChI=1S/C20H32N2O2/c1-15(2)13-20(23)21-14-18(22-11-9-16(3)10-12-22)17-7-5-6-8-19(17)24-4/h5-8,15-16,18H,9-14H2,1-4H3,(H,21,23). The van der Waals surface area contributed by atoms with Gasteiger partial charge in [0.2, 0.25) is 5.91 Å². The number of nitrogens with zero attached hydrogens (tertiary/aromatic N) is 1. The highest BCUT2D eigenvalue weighted by molar-refractivity contribution is 5.76. The second-order valence-electron chi connectivity index (χ2n) is 7.38. The van der Waals surface area contributed by atoms with Crippen molar-refractivity contribution >= 4 is 5.91 Å². The van der Waals surface area contributed by atoms with Gasteiger partial charge in [0.25, 0.3) is 0 Å². The molecular weight excluding hydrogens is 300 g/mol. The molecule has 0 spiro atoms. The number of nitrogens with one attached hydrogen (secondary N) is 1. The first-order valence-corrected chi connectivity index (χ1v) is 9.15. The maximum Gasteiger partial charge on any atom is 0.220 e. The summed E-state index contributed by atoms with van der Waals surface area (Å²) in [6, 6.07) is 8.34. The number of hydrogen-bond donors (Lipinski definition) is 1. The quantitative estimate of drug-likeness (QED) is 0.829. The molecule has 1 aliphatic heterocycles. The predicted molar refractivity (Wildman–Crippen MR) is 98.2 cm³/mol. The summed E-state index contributed by atoms with van der Waals surface area (Å²) in [4.78, 5) is 14.6. The van der Waals surface area contributed by atoms with Crippen LogP contribution in [0.25, 0.3) is 0 Å². The molecule has 1 fully saturated rings. The molecule has 1 atom stereocenters. The maximum atomic E-state index is 12.1. The Morgan fingerprint density at radius 1 is 1.29 bits per heavy atom. The lowest BCUT2D eigenvalue weighted by molar-refractivity contribution is -0.122. The van der Waals surface area contributed by atoms with E-state index in [-0.39, 0.29) is 11.9 Å². The summed E-state index contributed by atoms with van der Waals surface area (Å²) in [5.41, 5.74) is 1.17. The monoisotopic (exact) mass is 332 g/mol. The molecule has 0 radical (unpaired) electrons. The summed E-state index contributed by atoms with van der Waals surface area (Å²) >= 11 is 0. The minimum Gasteiger partial charge on any atom is -0.496 e. The van der Waals surface area contributed by atoms with Gasteiger partial charge < -0.3 is 10.1 Å². The Morgan fingerprint density at radius 2 is 1.96 bits per heavy atom. The van der Waals surface area contributed by atoms with Crippen LogP contribution < -0.4 is 10.1 Å². The van der Waals surface area contributed by atoms with Crippen molar-refractivity contribution in [3.63, 3.8) is 0 Å². The number of likely N-dealkylation sites (tertiary alicyclic amines) is 1. The van der Waals surface area contributed by atoms with E-state index in [4.69, 9.17) is 4.74 Å². The number of carbonyl (C=O) groups excluding carboxylic acids is 1. The number of ether oxygens (including phenoxy) is 1. The molecule has 0 bridgehead atoms. The topological polar surface area (TPSA) is 41.6 Å². The molecule has 1 N–H and O–H groups in total. The van der Waals surface area contributed by atoms with E-state index in [1.807, 2.05) is 18.2 Å². The van der Waals surface area contributed by atoms with Crippen LogP contribution in [0.4, 0.5) is 0 Å². The van der Waals surface area contributed by atoms with Crippen LogP contribution >= 0.6 is 0 Å². The van der Waals surface area contributed by atoms with E-state index in [1.165, 1.54) is 18.4 Å². The molecule has 1 aromatic carbocycles. The average Bonchev–Trinajstić information content (AvgIpc) is 2.56. The van der Waals surface area contributed by atoms with Crippen molar-refractivity contribution in [2.75, 3.05) is 26.7 Å². The minimum absolute atomic E-state index is 0.135. The molecule has 1 heterocycles. The van der Waals surface area contributed by atoms with Crippen molar-refractivity contribution in [1.82, 2.24) is 10.2 Å². The maximum absolute atomic E-state index is 12.1. The number of methoxy groups -OCH3 is 1. The van der Waals surface area contributed by atoms with Crippen molar-refractivity contribution in [3.8, 4) is 5.75 Å². The van der Waals surface area contributed by atoms with Gasteiger partial charge in [0.15, 0.2) is 0 Å². The predicted octanol–water partition coefficient (Wildman–Crippen LogP) is 3.63. The first kappa shape index (κ1) is 18.8. The number of hydrogen-bond acceptors (Lipinski definition) is 3. The number of para-hydroxylation sites is 1. The fourth-order valence-corrected chi connectivity index (χ4v) is 3.37. The van der Waals surface area contributed by atoms with Gasteiger partial charge >= 0.3 is 0 Å². The van der Waals surface area contributed by atoms with Crippen LogP contribution in [0, 0.1) is 11.8 Å². The zero-order valence-corrected chi connectivity index (χ0v) is 15.5. The van der Waals surface area contributed by atoms with Crippen molar-refractivity contribution < 1.29 is 9.53 Å². The van der Waals surface area contributed by atoms with E-state index in [0.717, 1.165) is 24.8 Å². The molecule has 2 rings (SSSR count). The summed E-state index contributed by atoms with van der Waals surface area (Å²) in [7, 11) is 1.71. The minimum atomic E-state index is 0.135. The van der Waals surface area contributed by atoms with E-state index in [1.54, 1.807) is 7.11 Å². The molecular formula is C20H32N2O2. The van der Waals surface area contributed by atoms with Gasteiger partial charge in [0.05, 0.1) is 13.2 Å². The van der Waals surface area contributed by atoms with Crippen LogP contribution in [0.3, 0.4) is 0 Å². The Kier molecular flexibility index (Phi) is 7.10. The third kappa shape index (κ3) is 5.23. The third-order valence-corrected chi connectivity index (χ3v) is 4.84. The number of benzene rings is 1. The lowest BCUT2D eigenvalue weighted by Crippen LogP contribution is -2.42. The van der Waals surface area contributed by atoms with Crippen molar-refractivity contribution in [1.29, 1.82) is 0 Å². The normalized spacial score (nSPS) is 17.7. The van der Waals surface area contributed by atoms with E-state index < -0.39 is 0 Å². The van der Waals surface area contributed by atoms with E-state index in [0.29, 0.717) is 18.9 Å². The van der Waals surface area contributed by atoms with Crippen molar-refractivity contribution in [2.45, 2.75) is 46.1 Å². The van der Waals surface area contributed by atoms with Gasteiger partial charge in [0.1, 0.15) is 5.75 Å². The zero-order valence-electron chi connectivity index (χ0n) is 15.5. The van der Waals surface area contributed by atoms with Gasteiger partial charge in [-0.05, 0) is 43.8 Å². The van der Waals surface area contributed by atoms with Gasteiger partial charge in [-0.2, -0.15) is 0 Å². The molecule has 0 saturated carbocycles. The molecule has 24 heavy (non-hydrogen) atoms. The Balaban J connectivity index is 2.13. The lowest BCUT2D eigenvalue weighted by Gasteiger charge is -2.37. The van der Waals surface area contributed by atoms with Crippen LogP contribution in [0.2, 0.25) is 0 Å². The summed E-state index contributed by atoms with van der Waals surface area (Å²) in [6.07, 6.45) is 3.01. The molecule has 1 amide bonds. The lowest BCUT2D eigenvalue weighted by atomic mass is 9.95. The van der Waals surface area contributed by atoms with Gasteiger partial charge in [0, 0.05) is 18.5 Å².